The molecule has 1 aromatic rings. The van der Waals surface area contributed by atoms with Crippen LogP contribution < -0.4 is 5.32 Å². The van der Waals surface area contributed by atoms with Gasteiger partial charge >= 0.3 is 0 Å². The van der Waals surface area contributed by atoms with E-state index in [1.165, 1.54) is 0 Å². The van der Waals surface area contributed by atoms with Gasteiger partial charge in [0.05, 0.1) is 12.7 Å². The van der Waals surface area contributed by atoms with Gasteiger partial charge in [0.2, 0.25) is 0 Å². The number of hydrogen-bond acceptors (Lipinski definition) is 3. The normalized spacial score (nSPS) is 23.2. The van der Waals surface area contributed by atoms with E-state index in [1.54, 1.807) is 6.07 Å². The fourth-order valence-electron chi connectivity index (χ4n) is 3.46. The number of hydrogen-bond donors (Lipinski definition) is 1. The summed E-state index contributed by atoms with van der Waals surface area (Å²) in [4.78, 5) is 7.08. The topological polar surface area (TPSA) is 46.1 Å². The van der Waals surface area contributed by atoms with E-state index < -0.39 is 0 Å². The van der Waals surface area contributed by atoms with Crippen LogP contribution in [0.4, 0.5) is 0 Å². The van der Waals surface area contributed by atoms with Crippen molar-refractivity contribution in [2.45, 2.75) is 38.4 Å². The van der Waals surface area contributed by atoms with Crippen molar-refractivity contribution in [3.05, 3.63) is 33.8 Å². The Hall–Kier alpha value is -0.280. The van der Waals surface area contributed by atoms with Gasteiger partial charge in [-0.25, -0.2) is 0 Å². The molecule has 0 aromatic heterocycles. The van der Waals surface area contributed by atoms with Crippen LogP contribution in [0.25, 0.3) is 0 Å². The highest BCUT2D eigenvalue weighted by Crippen LogP contribution is 2.21. The molecule has 5 nitrogen and oxygen atoms in total. The number of benzene rings is 1. The van der Waals surface area contributed by atoms with E-state index in [0.717, 1.165) is 57.0 Å². The first-order valence-electron chi connectivity index (χ1n) is 9.37. The Morgan fingerprint density at radius 2 is 1.93 bits per heavy atom. The van der Waals surface area contributed by atoms with Gasteiger partial charge in [-0.2, -0.15) is 0 Å². The number of morpholine rings is 1. The maximum atomic E-state index is 6.07. The van der Waals surface area contributed by atoms with Crippen molar-refractivity contribution in [3.63, 3.8) is 0 Å². The van der Waals surface area contributed by atoms with E-state index in [0.29, 0.717) is 23.2 Å². The molecule has 0 radical (unpaired) electrons. The van der Waals surface area contributed by atoms with Crippen LogP contribution in [0.3, 0.4) is 0 Å². The molecular formula is C19H28Cl2IN3O2. The summed E-state index contributed by atoms with van der Waals surface area (Å²) in [6.07, 6.45) is 3.35. The van der Waals surface area contributed by atoms with Gasteiger partial charge in [-0.15, -0.1) is 24.0 Å². The summed E-state index contributed by atoms with van der Waals surface area (Å²) in [5, 5.41) is 4.73. The molecule has 0 amide bonds. The maximum absolute atomic E-state index is 6.07. The third-order valence-electron chi connectivity index (χ3n) is 4.69. The Balaban J connectivity index is 0.00000261. The first-order chi connectivity index (χ1) is 12.7. The zero-order chi connectivity index (χ0) is 18.4. The van der Waals surface area contributed by atoms with Crippen molar-refractivity contribution in [1.82, 2.24) is 10.2 Å². The average molecular weight is 528 g/mol. The number of halogens is 3. The van der Waals surface area contributed by atoms with E-state index in [-0.39, 0.29) is 36.2 Å². The predicted octanol–water partition coefficient (Wildman–Crippen LogP) is 4.00. The lowest BCUT2D eigenvalue weighted by atomic mass is 10.1. The van der Waals surface area contributed by atoms with E-state index >= 15 is 0 Å². The van der Waals surface area contributed by atoms with Gasteiger partial charge in [0, 0.05) is 42.8 Å². The van der Waals surface area contributed by atoms with Crippen LogP contribution in [0.2, 0.25) is 10.0 Å². The van der Waals surface area contributed by atoms with Crippen LogP contribution in [-0.4, -0.2) is 62.5 Å². The molecular weight excluding hydrogens is 500 g/mol. The molecule has 1 N–H and O–H groups in total. The Morgan fingerprint density at radius 3 is 2.59 bits per heavy atom. The molecule has 2 aliphatic rings. The highest BCUT2D eigenvalue weighted by atomic mass is 127. The van der Waals surface area contributed by atoms with E-state index in [2.05, 4.69) is 17.1 Å². The molecule has 0 bridgehead atoms. The van der Waals surface area contributed by atoms with Crippen LogP contribution in [-0.2, 0) is 15.9 Å². The Bertz CT molecular complexity index is 607. The third kappa shape index (κ3) is 6.92. The van der Waals surface area contributed by atoms with Crippen molar-refractivity contribution in [1.29, 1.82) is 0 Å². The SMILES string of the molecule is CCNC(=NCCc1cc(Cl)cc(Cl)c1)N1CCOC(C2CCCO2)C1.I. The summed E-state index contributed by atoms with van der Waals surface area (Å²) in [7, 11) is 0. The second kappa shape index (κ2) is 11.7. The predicted molar refractivity (Wildman–Crippen MR) is 122 cm³/mol. The lowest BCUT2D eigenvalue weighted by Gasteiger charge is -2.37. The van der Waals surface area contributed by atoms with Crippen LogP contribution in [0.5, 0.6) is 0 Å². The lowest BCUT2D eigenvalue weighted by Crippen LogP contribution is -2.53. The van der Waals surface area contributed by atoms with Gasteiger partial charge in [0.1, 0.15) is 6.10 Å². The van der Waals surface area contributed by atoms with Gasteiger partial charge in [-0.3, -0.25) is 4.99 Å². The lowest BCUT2D eigenvalue weighted by molar-refractivity contribution is -0.0817. The van der Waals surface area contributed by atoms with Gasteiger partial charge in [-0.05, 0) is 49.9 Å². The molecule has 152 valence electrons. The standard InChI is InChI=1S/C19H27Cl2N3O2.HI/c1-2-22-19(23-6-5-14-10-15(20)12-16(21)11-14)24-7-9-26-18(13-24)17-4-3-8-25-17;/h10-12,17-18H,2-9,13H2,1H3,(H,22,23);1H. The number of guanidine groups is 1. The molecule has 2 fully saturated rings. The van der Waals surface area contributed by atoms with Crippen LogP contribution in [0.15, 0.2) is 23.2 Å². The second-order valence-electron chi connectivity index (χ2n) is 6.67. The number of rotatable bonds is 5. The minimum absolute atomic E-state index is 0. The smallest absolute Gasteiger partial charge is 0.194 e. The van der Waals surface area contributed by atoms with Crippen molar-refractivity contribution in [2.24, 2.45) is 4.99 Å². The minimum Gasteiger partial charge on any atom is -0.375 e. The first kappa shape index (κ1) is 23.0. The van der Waals surface area contributed by atoms with Crippen LogP contribution >= 0.6 is 47.2 Å². The number of nitrogens with one attached hydrogen (secondary N) is 1. The van der Waals surface area contributed by atoms with E-state index in [9.17, 15) is 0 Å². The third-order valence-corrected chi connectivity index (χ3v) is 5.13. The summed E-state index contributed by atoms with van der Waals surface area (Å²) in [5.41, 5.74) is 1.10. The molecule has 27 heavy (non-hydrogen) atoms. The summed E-state index contributed by atoms with van der Waals surface area (Å²) in [6, 6.07) is 5.63. The molecule has 2 atom stereocenters. The highest BCUT2D eigenvalue weighted by molar-refractivity contribution is 14.0. The number of aliphatic imine (C=N–C) groups is 1. The van der Waals surface area contributed by atoms with Gasteiger partial charge in [-0.1, -0.05) is 23.2 Å². The number of ether oxygens (including phenoxy) is 2. The molecule has 8 heteroatoms. The zero-order valence-corrected chi connectivity index (χ0v) is 19.5. The number of nitrogens with zero attached hydrogens (tertiary/aromatic N) is 2. The molecule has 3 rings (SSSR count). The molecule has 0 saturated carbocycles. The molecule has 2 heterocycles. The van der Waals surface area contributed by atoms with Crippen molar-refractivity contribution < 1.29 is 9.47 Å². The van der Waals surface area contributed by atoms with Crippen LogP contribution in [0.1, 0.15) is 25.3 Å². The fraction of sp³-hybridized carbons (Fsp3) is 0.632. The van der Waals surface area contributed by atoms with E-state index in [4.69, 9.17) is 37.7 Å². The summed E-state index contributed by atoms with van der Waals surface area (Å²) >= 11 is 12.1. The highest BCUT2D eigenvalue weighted by Gasteiger charge is 2.32. The fourth-order valence-corrected chi connectivity index (χ4v) is 4.03. The second-order valence-corrected chi connectivity index (χ2v) is 7.54. The minimum atomic E-state index is 0. The Kier molecular flexibility index (Phi) is 9.93. The maximum Gasteiger partial charge on any atom is 0.194 e. The molecule has 0 aliphatic carbocycles. The molecule has 0 spiro atoms. The first-order valence-corrected chi connectivity index (χ1v) is 10.1. The Morgan fingerprint density at radius 1 is 1.19 bits per heavy atom. The van der Waals surface area contributed by atoms with Gasteiger partial charge < -0.3 is 19.7 Å². The molecule has 2 aliphatic heterocycles. The quantitative estimate of drug-likeness (QED) is 0.357. The largest absolute Gasteiger partial charge is 0.375 e. The van der Waals surface area contributed by atoms with E-state index in [1.807, 2.05) is 12.1 Å². The average Bonchev–Trinajstić information content (AvgIpc) is 3.15. The van der Waals surface area contributed by atoms with Crippen molar-refractivity contribution in [2.75, 3.05) is 39.4 Å². The van der Waals surface area contributed by atoms with Crippen molar-refractivity contribution >= 4 is 53.1 Å². The summed E-state index contributed by atoms with van der Waals surface area (Å²) in [6.45, 7) is 6.83. The summed E-state index contributed by atoms with van der Waals surface area (Å²) in [5.74, 6) is 0.937. The van der Waals surface area contributed by atoms with Gasteiger partial charge in [0.15, 0.2) is 5.96 Å². The summed E-state index contributed by atoms with van der Waals surface area (Å²) < 4.78 is 11.7. The van der Waals surface area contributed by atoms with Gasteiger partial charge in [0.25, 0.3) is 0 Å². The molecule has 2 saturated heterocycles. The zero-order valence-electron chi connectivity index (χ0n) is 15.6. The van der Waals surface area contributed by atoms with Crippen molar-refractivity contribution in [3.8, 4) is 0 Å². The van der Waals surface area contributed by atoms with Crippen LogP contribution in [0, 0.1) is 0 Å². The molecule has 1 aromatic carbocycles. The Labute approximate surface area is 188 Å². The monoisotopic (exact) mass is 527 g/mol. The molecule has 2 unspecified atom stereocenters.